The molecule has 0 spiro atoms. The Morgan fingerprint density at radius 2 is 0.625 bits per heavy atom. The summed E-state index contributed by atoms with van der Waals surface area (Å²) in [5.74, 6) is 0. The molecule has 0 radical (unpaired) electrons. The van der Waals surface area contributed by atoms with Crippen LogP contribution in [0.3, 0.4) is 0 Å². The van der Waals surface area contributed by atoms with Gasteiger partial charge in [-0.25, -0.2) is 0 Å². The fourth-order valence-electron chi connectivity index (χ4n) is 7.95. The van der Waals surface area contributed by atoms with Crippen molar-refractivity contribution >= 4 is 64.6 Å². The third kappa shape index (κ3) is 4.16. The van der Waals surface area contributed by atoms with Crippen LogP contribution in [-0.2, 0) is 0 Å². The molecule has 0 heteroatoms. The Kier molecular flexibility index (Phi) is 5.98. The molecule has 0 atom stereocenters. The van der Waals surface area contributed by atoms with Crippen LogP contribution >= 0.6 is 0 Å². The molecule has 222 valence electrons. The van der Waals surface area contributed by atoms with E-state index in [-0.39, 0.29) is 0 Å². The summed E-state index contributed by atoms with van der Waals surface area (Å²) in [7, 11) is 0. The maximum Gasteiger partial charge on any atom is -0.00201 e. The molecule has 0 bridgehead atoms. The summed E-state index contributed by atoms with van der Waals surface area (Å²) in [4.78, 5) is 0. The highest BCUT2D eigenvalue weighted by Crippen LogP contribution is 2.45. The van der Waals surface area contributed by atoms with Gasteiger partial charge in [-0.15, -0.1) is 0 Å². The Bertz CT molecular complexity index is 2830. The second kappa shape index (κ2) is 10.7. The molecule has 0 saturated carbocycles. The van der Waals surface area contributed by atoms with Crippen molar-refractivity contribution in [2.75, 3.05) is 0 Å². The highest BCUT2D eigenvalue weighted by molar-refractivity contribution is 6.23. The lowest BCUT2D eigenvalue weighted by molar-refractivity contribution is 1.66. The minimum atomic E-state index is 1.24. The maximum atomic E-state index is 2.37. The molecular weight excluding hydrogens is 577 g/mol. The average molecular weight is 607 g/mol. The average Bonchev–Trinajstić information content (AvgIpc) is 3.16. The van der Waals surface area contributed by atoms with E-state index in [1.54, 1.807) is 0 Å². The second-order valence-electron chi connectivity index (χ2n) is 12.9. The zero-order valence-corrected chi connectivity index (χ0v) is 26.3. The van der Waals surface area contributed by atoms with Gasteiger partial charge in [0.25, 0.3) is 0 Å². The van der Waals surface area contributed by atoms with E-state index in [1.165, 1.54) is 98.0 Å². The van der Waals surface area contributed by atoms with Gasteiger partial charge in [-0.2, -0.15) is 0 Å². The van der Waals surface area contributed by atoms with Gasteiger partial charge >= 0.3 is 0 Å². The number of fused-ring (bicyclic) bond motifs is 7. The van der Waals surface area contributed by atoms with E-state index in [0.29, 0.717) is 0 Å². The van der Waals surface area contributed by atoms with E-state index in [0.717, 1.165) is 0 Å². The number of benzene rings is 10. The van der Waals surface area contributed by atoms with Crippen molar-refractivity contribution in [2.24, 2.45) is 0 Å². The van der Waals surface area contributed by atoms with Gasteiger partial charge in [-0.1, -0.05) is 164 Å². The first-order valence-electron chi connectivity index (χ1n) is 16.7. The number of rotatable bonds is 3. The summed E-state index contributed by atoms with van der Waals surface area (Å²) in [6, 6.07) is 67.1. The van der Waals surface area contributed by atoms with E-state index in [9.17, 15) is 0 Å². The van der Waals surface area contributed by atoms with Crippen LogP contribution in [0, 0.1) is 0 Å². The SMILES string of the molecule is c1ccc2c(-c3c4ccccc4c(-c4ccc5cc(-c6ccc7c(ccc8ccccc87)c6)ccc5c4)c4ccccc34)cccc2c1. The van der Waals surface area contributed by atoms with Crippen LogP contribution in [0.2, 0.25) is 0 Å². The minimum Gasteiger partial charge on any atom is -0.0616 e. The summed E-state index contributed by atoms with van der Waals surface area (Å²) in [5.41, 5.74) is 7.59. The van der Waals surface area contributed by atoms with Crippen molar-refractivity contribution in [1.29, 1.82) is 0 Å². The molecule has 0 aromatic heterocycles. The third-order valence-corrected chi connectivity index (χ3v) is 10.2. The lowest BCUT2D eigenvalue weighted by Gasteiger charge is -2.19. The largest absolute Gasteiger partial charge is 0.0616 e. The number of hydrogen-bond acceptors (Lipinski definition) is 0. The van der Waals surface area contributed by atoms with E-state index < -0.39 is 0 Å². The lowest BCUT2D eigenvalue weighted by atomic mass is 9.84. The summed E-state index contributed by atoms with van der Waals surface area (Å²) < 4.78 is 0. The Hall–Kier alpha value is -6.24. The van der Waals surface area contributed by atoms with E-state index in [2.05, 4.69) is 182 Å². The molecule has 0 nitrogen and oxygen atoms in total. The number of hydrogen-bond donors (Lipinski definition) is 0. The van der Waals surface area contributed by atoms with Gasteiger partial charge in [0.1, 0.15) is 0 Å². The molecule has 0 amide bonds. The highest BCUT2D eigenvalue weighted by atomic mass is 14.2. The second-order valence-corrected chi connectivity index (χ2v) is 12.9. The summed E-state index contributed by atoms with van der Waals surface area (Å²) in [6.07, 6.45) is 0. The van der Waals surface area contributed by atoms with Gasteiger partial charge in [-0.05, 0) is 116 Å². The van der Waals surface area contributed by atoms with Crippen molar-refractivity contribution in [1.82, 2.24) is 0 Å². The standard InChI is InChI=1S/C48H30/c1-4-14-40-31(10-1)12-9-19-42(40)48-45-17-7-5-15-43(45)47(44-16-6-8-18-46(44)48)38-25-23-34-28-33(21-22-35(34)30-38)36-26-27-41-37(29-36)24-20-32-11-2-3-13-39(32)41/h1-30H. The van der Waals surface area contributed by atoms with Gasteiger partial charge in [0.2, 0.25) is 0 Å². The van der Waals surface area contributed by atoms with Gasteiger partial charge in [-0.3, -0.25) is 0 Å². The maximum absolute atomic E-state index is 2.37. The third-order valence-electron chi connectivity index (χ3n) is 10.2. The molecule has 0 aliphatic heterocycles. The van der Waals surface area contributed by atoms with Gasteiger partial charge in [0.15, 0.2) is 0 Å². The highest BCUT2D eigenvalue weighted by Gasteiger charge is 2.18. The fourth-order valence-corrected chi connectivity index (χ4v) is 7.95. The molecule has 0 aliphatic rings. The molecule has 0 heterocycles. The van der Waals surface area contributed by atoms with Crippen LogP contribution in [0.4, 0.5) is 0 Å². The quantitative estimate of drug-likeness (QED) is 0.139. The molecule has 0 N–H and O–H groups in total. The first kappa shape index (κ1) is 26.9. The molecule has 0 saturated heterocycles. The first-order chi connectivity index (χ1) is 23.8. The first-order valence-corrected chi connectivity index (χ1v) is 16.7. The predicted octanol–water partition coefficient (Wildman–Crippen LogP) is 13.6. The summed E-state index contributed by atoms with van der Waals surface area (Å²) in [5, 5.41) is 15.3. The Morgan fingerprint density at radius 1 is 0.208 bits per heavy atom. The van der Waals surface area contributed by atoms with Crippen molar-refractivity contribution in [3.05, 3.63) is 182 Å². The zero-order chi connectivity index (χ0) is 31.6. The Morgan fingerprint density at radius 3 is 1.31 bits per heavy atom. The van der Waals surface area contributed by atoms with Gasteiger partial charge in [0.05, 0.1) is 0 Å². The van der Waals surface area contributed by atoms with Crippen molar-refractivity contribution in [3.8, 4) is 33.4 Å². The molecule has 10 rings (SSSR count). The molecule has 48 heavy (non-hydrogen) atoms. The molecule has 0 fully saturated rings. The lowest BCUT2D eigenvalue weighted by Crippen LogP contribution is -1.91. The fraction of sp³-hybridized carbons (Fsp3) is 0. The van der Waals surface area contributed by atoms with Crippen LogP contribution < -0.4 is 0 Å². The van der Waals surface area contributed by atoms with Crippen LogP contribution in [0.1, 0.15) is 0 Å². The normalized spacial score (nSPS) is 11.8. The van der Waals surface area contributed by atoms with Crippen LogP contribution in [0.15, 0.2) is 182 Å². The molecule has 0 aliphatic carbocycles. The van der Waals surface area contributed by atoms with Crippen LogP contribution in [0.25, 0.3) is 98.0 Å². The van der Waals surface area contributed by atoms with Gasteiger partial charge in [0, 0.05) is 0 Å². The monoisotopic (exact) mass is 606 g/mol. The van der Waals surface area contributed by atoms with Crippen molar-refractivity contribution < 1.29 is 0 Å². The van der Waals surface area contributed by atoms with Gasteiger partial charge < -0.3 is 0 Å². The predicted molar refractivity (Wildman–Crippen MR) is 208 cm³/mol. The van der Waals surface area contributed by atoms with Crippen LogP contribution in [-0.4, -0.2) is 0 Å². The zero-order valence-electron chi connectivity index (χ0n) is 26.3. The topological polar surface area (TPSA) is 0 Å². The van der Waals surface area contributed by atoms with Crippen molar-refractivity contribution in [3.63, 3.8) is 0 Å². The van der Waals surface area contributed by atoms with Crippen LogP contribution in [0.5, 0.6) is 0 Å². The molecule has 0 unspecified atom stereocenters. The molecule has 10 aromatic rings. The van der Waals surface area contributed by atoms with Crippen molar-refractivity contribution in [2.45, 2.75) is 0 Å². The smallest absolute Gasteiger partial charge is 0.00201 e. The van der Waals surface area contributed by atoms with E-state index >= 15 is 0 Å². The van der Waals surface area contributed by atoms with E-state index in [4.69, 9.17) is 0 Å². The minimum absolute atomic E-state index is 1.24. The Labute approximate surface area is 279 Å². The summed E-state index contributed by atoms with van der Waals surface area (Å²) in [6.45, 7) is 0. The van der Waals surface area contributed by atoms with E-state index in [1.807, 2.05) is 0 Å². The molecule has 10 aromatic carbocycles. The Balaban J connectivity index is 1.14. The molecular formula is C48H30. The summed E-state index contributed by atoms with van der Waals surface area (Å²) >= 11 is 0.